The number of benzene rings is 1. The van der Waals surface area contributed by atoms with Crippen molar-refractivity contribution in [2.75, 3.05) is 31.5 Å². The Balaban J connectivity index is 1.23. The quantitative estimate of drug-likeness (QED) is 0.621. The molecule has 0 aliphatic carbocycles. The Labute approximate surface area is 188 Å². The molecule has 1 N–H and O–H groups in total. The van der Waals surface area contributed by atoms with Crippen LogP contribution in [0.15, 0.2) is 39.5 Å². The number of aryl methyl sites for hydroxylation is 2. The molecule has 0 unspecified atom stereocenters. The van der Waals surface area contributed by atoms with Crippen molar-refractivity contribution in [3.63, 3.8) is 0 Å². The van der Waals surface area contributed by atoms with Crippen LogP contribution in [-0.4, -0.2) is 58.1 Å². The summed E-state index contributed by atoms with van der Waals surface area (Å²) in [7, 11) is 0. The Morgan fingerprint density at radius 2 is 1.97 bits per heavy atom. The molecule has 4 rings (SSSR count). The summed E-state index contributed by atoms with van der Waals surface area (Å²) in [5.74, 6) is 1.00. The maximum atomic E-state index is 12.5. The molecule has 0 bridgehead atoms. The largest absolute Gasteiger partial charge is 0.339 e. The first-order valence-electron chi connectivity index (χ1n) is 9.94. The molecule has 1 aliphatic heterocycles. The minimum absolute atomic E-state index is 0.0145. The van der Waals surface area contributed by atoms with E-state index in [1.54, 1.807) is 27.2 Å². The molecule has 0 radical (unpaired) electrons. The van der Waals surface area contributed by atoms with Gasteiger partial charge in [-0.05, 0) is 36.1 Å². The van der Waals surface area contributed by atoms with Gasteiger partial charge in [-0.15, -0.1) is 0 Å². The number of rotatable bonds is 5. The van der Waals surface area contributed by atoms with Gasteiger partial charge in [0, 0.05) is 60.7 Å². The number of hydrogen-bond donors (Lipinski definition) is 1. The number of nitrogens with zero attached hydrogens (tertiary/aromatic N) is 4. The van der Waals surface area contributed by atoms with Gasteiger partial charge in [0.05, 0.1) is 0 Å². The third-order valence-electron chi connectivity index (χ3n) is 5.14. The number of urea groups is 1. The molecular weight excluding hydrogens is 438 g/mol. The lowest BCUT2D eigenvalue weighted by Crippen LogP contribution is -2.51. The number of piperazine rings is 1. The molecule has 31 heavy (non-hydrogen) atoms. The summed E-state index contributed by atoms with van der Waals surface area (Å²) in [6.07, 6.45) is 0.685. The van der Waals surface area contributed by atoms with E-state index in [9.17, 15) is 9.59 Å². The van der Waals surface area contributed by atoms with E-state index in [-0.39, 0.29) is 11.9 Å². The van der Waals surface area contributed by atoms with Gasteiger partial charge >= 0.3 is 6.03 Å². The smallest absolute Gasteiger partial charge is 0.321 e. The van der Waals surface area contributed by atoms with E-state index in [0.29, 0.717) is 61.4 Å². The van der Waals surface area contributed by atoms with E-state index >= 15 is 0 Å². The minimum Gasteiger partial charge on any atom is -0.339 e. The highest BCUT2D eigenvalue weighted by molar-refractivity contribution is 7.08. The molecule has 0 saturated carbocycles. The zero-order chi connectivity index (χ0) is 21.8. The van der Waals surface area contributed by atoms with Crippen LogP contribution in [0.25, 0.3) is 11.4 Å². The molecule has 10 heteroatoms. The lowest BCUT2D eigenvalue weighted by atomic mass is 10.2. The molecule has 1 aromatic carbocycles. The van der Waals surface area contributed by atoms with Gasteiger partial charge in [-0.3, -0.25) is 4.79 Å². The molecule has 8 nitrogen and oxygen atoms in total. The first-order valence-corrected chi connectivity index (χ1v) is 11.3. The van der Waals surface area contributed by atoms with Crippen molar-refractivity contribution in [1.82, 2.24) is 19.9 Å². The van der Waals surface area contributed by atoms with Crippen LogP contribution >= 0.6 is 22.9 Å². The zero-order valence-corrected chi connectivity index (χ0v) is 18.6. The standard InChI is InChI=1S/C21H22ClN5O3S/c1-14-2-3-16(12-17(14)22)23-21(29)27-9-7-26(8-10-27)19(28)5-4-18-24-20(25-30-18)15-6-11-31-13-15/h2-3,6,11-13H,4-5,7-10H2,1H3,(H,23,29). The number of carbonyl (C=O) groups excluding carboxylic acids is 2. The number of nitrogens with one attached hydrogen (secondary N) is 1. The molecular formula is C21H22ClN5O3S. The average Bonchev–Trinajstić information content (AvgIpc) is 3.46. The fourth-order valence-corrected chi connectivity index (χ4v) is 4.08. The topological polar surface area (TPSA) is 91.6 Å². The van der Waals surface area contributed by atoms with Gasteiger partial charge in [-0.1, -0.05) is 22.8 Å². The predicted octanol–water partition coefficient (Wildman–Crippen LogP) is 4.07. The van der Waals surface area contributed by atoms with Crippen molar-refractivity contribution in [3.05, 3.63) is 51.5 Å². The van der Waals surface area contributed by atoms with E-state index in [1.165, 1.54) is 0 Å². The summed E-state index contributed by atoms with van der Waals surface area (Å²) in [6, 6.07) is 7.14. The summed E-state index contributed by atoms with van der Waals surface area (Å²) in [5.41, 5.74) is 2.52. The normalized spacial score (nSPS) is 14.0. The van der Waals surface area contributed by atoms with Crippen LogP contribution in [0.3, 0.4) is 0 Å². The van der Waals surface area contributed by atoms with E-state index in [0.717, 1.165) is 11.1 Å². The highest BCUT2D eigenvalue weighted by atomic mass is 35.5. The summed E-state index contributed by atoms with van der Waals surface area (Å²) < 4.78 is 5.25. The third kappa shape index (κ3) is 5.23. The van der Waals surface area contributed by atoms with Crippen LogP contribution in [0, 0.1) is 6.92 Å². The first kappa shape index (κ1) is 21.3. The van der Waals surface area contributed by atoms with Crippen molar-refractivity contribution in [1.29, 1.82) is 0 Å². The van der Waals surface area contributed by atoms with Gasteiger partial charge in [0.2, 0.25) is 17.6 Å². The highest BCUT2D eigenvalue weighted by Gasteiger charge is 2.24. The molecule has 3 amide bonds. The van der Waals surface area contributed by atoms with Crippen LogP contribution in [0.1, 0.15) is 17.9 Å². The van der Waals surface area contributed by atoms with Crippen molar-refractivity contribution in [3.8, 4) is 11.4 Å². The number of carbonyl (C=O) groups is 2. The predicted molar refractivity (Wildman–Crippen MR) is 119 cm³/mol. The second-order valence-corrected chi connectivity index (χ2v) is 8.47. The number of hydrogen-bond acceptors (Lipinski definition) is 6. The molecule has 3 aromatic rings. The lowest BCUT2D eigenvalue weighted by molar-refractivity contribution is -0.132. The monoisotopic (exact) mass is 459 g/mol. The lowest BCUT2D eigenvalue weighted by Gasteiger charge is -2.34. The second-order valence-electron chi connectivity index (χ2n) is 7.29. The van der Waals surface area contributed by atoms with E-state index in [2.05, 4.69) is 15.5 Å². The van der Waals surface area contributed by atoms with Gasteiger partial charge in [-0.25, -0.2) is 4.79 Å². The highest BCUT2D eigenvalue weighted by Crippen LogP contribution is 2.21. The maximum Gasteiger partial charge on any atom is 0.321 e. The number of aromatic nitrogens is 2. The van der Waals surface area contributed by atoms with E-state index in [1.807, 2.05) is 35.9 Å². The number of halogens is 1. The Bertz CT molecular complexity index is 1060. The van der Waals surface area contributed by atoms with Crippen molar-refractivity contribution >= 4 is 40.6 Å². The summed E-state index contributed by atoms with van der Waals surface area (Å²) in [6.45, 7) is 3.83. The summed E-state index contributed by atoms with van der Waals surface area (Å²) >= 11 is 7.68. The SMILES string of the molecule is Cc1ccc(NC(=O)N2CCN(C(=O)CCc3nc(-c4ccsc4)no3)CC2)cc1Cl. The van der Waals surface area contributed by atoms with Crippen molar-refractivity contribution < 1.29 is 14.1 Å². The fraction of sp³-hybridized carbons (Fsp3) is 0.333. The van der Waals surface area contributed by atoms with Crippen LogP contribution in [0.2, 0.25) is 5.02 Å². The van der Waals surface area contributed by atoms with Crippen LogP contribution in [-0.2, 0) is 11.2 Å². The van der Waals surface area contributed by atoms with E-state index in [4.69, 9.17) is 16.1 Å². The molecule has 0 atom stereocenters. The van der Waals surface area contributed by atoms with E-state index < -0.39 is 0 Å². The Hall–Kier alpha value is -2.91. The fourth-order valence-electron chi connectivity index (χ4n) is 3.27. The molecule has 1 saturated heterocycles. The summed E-state index contributed by atoms with van der Waals surface area (Å²) in [5, 5.41) is 11.3. The number of amides is 3. The number of anilines is 1. The summed E-state index contributed by atoms with van der Waals surface area (Å²) in [4.78, 5) is 32.8. The minimum atomic E-state index is -0.196. The van der Waals surface area contributed by atoms with Crippen molar-refractivity contribution in [2.24, 2.45) is 0 Å². The van der Waals surface area contributed by atoms with Crippen LogP contribution in [0.4, 0.5) is 10.5 Å². The average molecular weight is 460 g/mol. The van der Waals surface area contributed by atoms with Gasteiger partial charge < -0.3 is 19.6 Å². The maximum absolute atomic E-state index is 12.5. The van der Waals surface area contributed by atoms with Crippen LogP contribution in [0.5, 0.6) is 0 Å². The van der Waals surface area contributed by atoms with Gasteiger partial charge in [-0.2, -0.15) is 16.3 Å². The number of thiophene rings is 1. The second kappa shape index (κ2) is 9.49. The molecule has 1 aliphatic rings. The Morgan fingerprint density at radius 1 is 1.19 bits per heavy atom. The molecule has 2 aromatic heterocycles. The third-order valence-corrected chi connectivity index (χ3v) is 6.23. The van der Waals surface area contributed by atoms with Gasteiger partial charge in [0.25, 0.3) is 0 Å². The molecule has 1 fully saturated rings. The van der Waals surface area contributed by atoms with Crippen molar-refractivity contribution in [2.45, 2.75) is 19.8 Å². The first-order chi connectivity index (χ1) is 15.0. The van der Waals surface area contributed by atoms with Gasteiger partial charge in [0.1, 0.15) is 0 Å². The Kier molecular flexibility index (Phi) is 6.53. The molecule has 162 valence electrons. The zero-order valence-electron chi connectivity index (χ0n) is 17.0. The molecule has 0 spiro atoms. The molecule has 3 heterocycles. The van der Waals surface area contributed by atoms with Crippen LogP contribution < -0.4 is 5.32 Å². The Morgan fingerprint density at radius 3 is 2.68 bits per heavy atom. The van der Waals surface area contributed by atoms with Gasteiger partial charge in [0.15, 0.2) is 0 Å².